The maximum atomic E-state index is 12.7. The lowest BCUT2D eigenvalue weighted by molar-refractivity contribution is -0.113. The van der Waals surface area contributed by atoms with Crippen molar-refractivity contribution in [3.63, 3.8) is 0 Å². The lowest BCUT2D eigenvalue weighted by Gasteiger charge is -2.20. The molecule has 0 fully saturated rings. The van der Waals surface area contributed by atoms with Crippen LogP contribution in [0.5, 0.6) is 0 Å². The van der Waals surface area contributed by atoms with Crippen molar-refractivity contribution >= 4 is 75.7 Å². The second-order valence-corrected chi connectivity index (χ2v) is 9.83. The Labute approximate surface area is 214 Å². The predicted molar refractivity (Wildman–Crippen MR) is 134 cm³/mol. The van der Waals surface area contributed by atoms with Gasteiger partial charge in [0.1, 0.15) is 5.82 Å². The highest BCUT2D eigenvalue weighted by molar-refractivity contribution is 7.99. The molecular formula is C21H19Cl4N5O2S. The molecule has 0 bridgehead atoms. The normalized spacial score (nSPS) is 12.0. The topological polar surface area (TPSA) is 99.8 Å². The van der Waals surface area contributed by atoms with Crippen LogP contribution in [-0.4, -0.2) is 32.7 Å². The Bertz CT molecular complexity index is 1170. The van der Waals surface area contributed by atoms with Gasteiger partial charge in [-0.1, -0.05) is 78.1 Å². The SMILES string of the molecule is CC(C)[C@@H](NC(=O)c1ccc(Cl)cc1Cl)c1nc(SCC(=O)Nc2cccc(Cl)c2Cl)n[nH]1. The van der Waals surface area contributed by atoms with Gasteiger partial charge in [-0.2, -0.15) is 0 Å². The third kappa shape index (κ3) is 6.77. The van der Waals surface area contributed by atoms with Crippen molar-refractivity contribution in [1.29, 1.82) is 0 Å². The van der Waals surface area contributed by atoms with E-state index >= 15 is 0 Å². The standard InChI is InChI=1S/C21H19Cl4N5O2S/c1-10(2)18(27-20(32)12-7-6-11(22)8-14(12)24)19-28-21(30-29-19)33-9-16(31)26-15-5-3-4-13(23)17(15)25/h3-8,10,18H,9H2,1-2H3,(H,26,31)(H,27,32)(H,28,29,30)/t18-/m1/s1. The molecule has 0 radical (unpaired) electrons. The Morgan fingerprint density at radius 2 is 1.85 bits per heavy atom. The largest absolute Gasteiger partial charge is 0.342 e. The summed E-state index contributed by atoms with van der Waals surface area (Å²) in [6.45, 7) is 3.87. The van der Waals surface area contributed by atoms with E-state index in [0.717, 1.165) is 11.8 Å². The molecule has 1 atom stereocenters. The maximum absolute atomic E-state index is 12.7. The molecule has 0 aliphatic heterocycles. The van der Waals surface area contributed by atoms with Crippen LogP contribution in [0.4, 0.5) is 5.69 Å². The Morgan fingerprint density at radius 1 is 1.09 bits per heavy atom. The zero-order valence-corrected chi connectivity index (χ0v) is 21.3. The number of nitrogens with one attached hydrogen (secondary N) is 3. The third-order valence-electron chi connectivity index (χ3n) is 4.46. The number of benzene rings is 2. The van der Waals surface area contributed by atoms with Crippen LogP contribution in [0.1, 0.15) is 36.1 Å². The van der Waals surface area contributed by atoms with Crippen LogP contribution < -0.4 is 10.6 Å². The number of H-pyrrole nitrogens is 1. The lowest BCUT2D eigenvalue weighted by Crippen LogP contribution is -2.32. The quantitative estimate of drug-likeness (QED) is 0.289. The molecule has 0 aliphatic carbocycles. The molecule has 0 unspecified atom stereocenters. The van der Waals surface area contributed by atoms with Crippen LogP contribution in [0.3, 0.4) is 0 Å². The molecule has 0 saturated heterocycles. The highest BCUT2D eigenvalue weighted by atomic mass is 35.5. The number of rotatable bonds is 8. The Hall–Kier alpha value is -1.97. The van der Waals surface area contributed by atoms with Gasteiger partial charge in [-0.15, -0.1) is 5.10 Å². The second kappa shape index (κ2) is 11.4. The fourth-order valence-electron chi connectivity index (χ4n) is 2.82. The van der Waals surface area contributed by atoms with E-state index in [-0.39, 0.29) is 33.5 Å². The van der Waals surface area contributed by atoms with E-state index in [1.54, 1.807) is 30.3 Å². The Kier molecular flexibility index (Phi) is 8.89. The van der Waals surface area contributed by atoms with E-state index in [2.05, 4.69) is 25.8 Å². The van der Waals surface area contributed by atoms with Gasteiger partial charge in [-0.3, -0.25) is 14.7 Å². The van der Waals surface area contributed by atoms with Crippen molar-refractivity contribution in [2.75, 3.05) is 11.1 Å². The van der Waals surface area contributed by atoms with Gasteiger partial charge >= 0.3 is 0 Å². The summed E-state index contributed by atoms with van der Waals surface area (Å²) in [7, 11) is 0. The minimum Gasteiger partial charge on any atom is -0.342 e. The summed E-state index contributed by atoms with van der Waals surface area (Å²) in [5, 5.41) is 14.3. The molecule has 7 nitrogen and oxygen atoms in total. The molecule has 1 aromatic heterocycles. The van der Waals surface area contributed by atoms with Crippen molar-refractivity contribution in [1.82, 2.24) is 20.5 Å². The van der Waals surface area contributed by atoms with Crippen LogP contribution in [0.15, 0.2) is 41.6 Å². The summed E-state index contributed by atoms with van der Waals surface area (Å²) in [6.07, 6.45) is 0. The van der Waals surface area contributed by atoms with Gasteiger partial charge in [0.25, 0.3) is 5.91 Å². The first-order valence-electron chi connectivity index (χ1n) is 9.70. The number of carbonyl (C=O) groups is 2. The summed E-state index contributed by atoms with van der Waals surface area (Å²) in [4.78, 5) is 29.4. The number of hydrogen-bond acceptors (Lipinski definition) is 5. The van der Waals surface area contributed by atoms with Crippen LogP contribution in [0.2, 0.25) is 20.1 Å². The van der Waals surface area contributed by atoms with Gasteiger partial charge in [0.05, 0.1) is 38.1 Å². The molecule has 2 aromatic carbocycles. The van der Waals surface area contributed by atoms with Gasteiger partial charge in [-0.25, -0.2) is 4.98 Å². The highest BCUT2D eigenvalue weighted by Crippen LogP contribution is 2.30. The first-order valence-corrected chi connectivity index (χ1v) is 12.2. The predicted octanol–water partition coefficient (Wildman–Crippen LogP) is 6.28. The van der Waals surface area contributed by atoms with E-state index in [1.165, 1.54) is 6.07 Å². The second-order valence-electron chi connectivity index (χ2n) is 7.26. The third-order valence-corrected chi connectivity index (χ3v) is 6.68. The number of hydrogen-bond donors (Lipinski definition) is 3. The monoisotopic (exact) mass is 545 g/mol. The summed E-state index contributed by atoms with van der Waals surface area (Å²) in [5.41, 5.74) is 0.728. The number of halogens is 4. The maximum Gasteiger partial charge on any atom is 0.253 e. The molecule has 3 rings (SSSR count). The summed E-state index contributed by atoms with van der Waals surface area (Å²) < 4.78 is 0. The zero-order chi connectivity index (χ0) is 24.1. The van der Waals surface area contributed by atoms with E-state index in [9.17, 15) is 9.59 Å². The molecule has 0 saturated carbocycles. The molecule has 174 valence electrons. The van der Waals surface area contributed by atoms with Crippen LogP contribution in [0.25, 0.3) is 0 Å². The van der Waals surface area contributed by atoms with Gasteiger partial charge in [0.2, 0.25) is 11.1 Å². The van der Waals surface area contributed by atoms with Gasteiger partial charge in [0.15, 0.2) is 0 Å². The Morgan fingerprint density at radius 3 is 2.55 bits per heavy atom. The molecule has 0 spiro atoms. The molecule has 3 aromatic rings. The average molecular weight is 547 g/mol. The summed E-state index contributed by atoms with van der Waals surface area (Å²) >= 11 is 25.2. The van der Waals surface area contributed by atoms with Crippen molar-refractivity contribution in [2.24, 2.45) is 5.92 Å². The first-order chi connectivity index (χ1) is 15.7. The molecule has 12 heteroatoms. The van der Waals surface area contributed by atoms with Gasteiger partial charge in [0, 0.05) is 5.02 Å². The molecule has 1 heterocycles. The fourth-order valence-corrected chi connectivity index (χ4v) is 4.27. The first kappa shape index (κ1) is 25.6. The van der Waals surface area contributed by atoms with E-state index < -0.39 is 6.04 Å². The van der Waals surface area contributed by atoms with Gasteiger partial charge in [-0.05, 0) is 36.2 Å². The van der Waals surface area contributed by atoms with Crippen LogP contribution >= 0.6 is 58.2 Å². The number of amides is 2. The summed E-state index contributed by atoms with van der Waals surface area (Å²) in [6, 6.07) is 9.19. The smallest absolute Gasteiger partial charge is 0.253 e. The molecule has 0 aliphatic rings. The van der Waals surface area contributed by atoms with Crippen molar-refractivity contribution < 1.29 is 9.59 Å². The number of aromatic amines is 1. The molecule has 33 heavy (non-hydrogen) atoms. The van der Waals surface area contributed by atoms with Crippen LogP contribution in [-0.2, 0) is 4.79 Å². The number of nitrogens with zero attached hydrogens (tertiary/aromatic N) is 2. The number of anilines is 1. The minimum absolute atomic E-state index is 0.000838. The fraction of sp³-hybridized carbons (Fsp3) is 0.238. The zero-order valence-electron chi connectivity index (χ0n) is 17.5. The molecule has 3 N–H and O–H groups in total. The number of thioether (sulfide) groups is 1. The highest BCUT2D eigenvalue weighted by Gasteiger charge is 2.24. The van der Waals surface area contributed by atoms with Crippen LogP contribution in [0, 0.1) is 5.92 Å². The van der Waals surface area contributed by atoms with E-state index in [0.29, 0.717) is 32.3 Å². The summed E-state index contributed by atoms with van der Waals surface area (Å²) in [5.74, 6) is -0.136. The van der Waals surface area contributed by atoms with Crippen molar-refractivity contribution in [2.45, 2.75) is 25.0 Å². The Balaban J connectivity index is 1.63. The van der Waals surface area contributed by atoms with Gasteiger partial charge < -0.3 is 10.6 Å². The minimum atomic E-state index is -0.454. The van der Waals surface area contributed by atoms with E-state index in [4.69, 9.17) is 46.4 Å². The van der Waals surface area contributed by atoms with Crippen molar-refractivity contribution in [3.8, 4) is 0 Å². The lowest BCUT2D eigenvalue weighted by atomic mass is 10.0. The average Bonchev–Trinajstić information content (AvgIpc) is 3.22. The number of aromatic nitrogens is 3. The van der Waals surface area contributed by atoms with E-state index in [1.807, 2.05) is 13.8 Å². The molecular weight excluding hydrogens is 528 g/mol. The molecule has 2 amide bonds. The number of carbonyl (C=O) groups excluding carboxylic acids is 2. The van der Waals surface area contributed by atoms with Crippen molar-refractivity contribution in [3.05, 3.63) is 67.9 Å².